The number of amides is 1. The molecule has 8 heteroatoms. The third-order valence-corrected chi connectivity index (χ3v) is 6.62. The van der Waals surface area contributed by atoms with Crippen molar-refractivity contribution in [2.45, 2.75) is 31.6 Å². The van der Waals surface area contributed by atoms with Gasteiger partial charge >= 0.3 is 0 Å². The molecule has 0 atom stereocenters. The first kappa shape index (κ1) is 18.0. The highest BCUT2D eigenvalue weighted by Crippen LogP contribution is 2.27. The minimum Gasteiger partial charge on any atom is -0.455 e. The SMILES string of the molecule is Cc1ccc(NC(=O)c2cc(S(=O)(=O)N3CCCC3)c(C)o2)cc1Cl. The minimum absolute atomic E-state index is 0.0430. The molecule has 1 saturated heterocycles. The van der Waals surface area contributed by atoms with Gasteiger partial charge in [-0.05, 0) is 44.4 Å². The summed E-state index contributed by atoms with van der Waals surface area (Å²) in [6.07, 6.45) is 1.69. The zero-order valence-corrected chi connectivity index (χ0v) is 15.6. The molecule has 0 bridgehead atoms. The lowest BCUT2D eigenvalue weighted by atomic mass is 10.2. The second-order valence-electron chi connectivity index (χ2n) is 6.06. The third kappa shape index (κ3) is 3.58. The van der Waals surface area contributed by atoms with Crippen LogP contribution >= 0.6 is 11.6 Å². The van der Waals surface area contributed by atoms with Gasteiger partial charge in [0, 0.05) is 29.9 Å². The van der Waals surface area contributed by atoms with E-state index in [1.807, 2.05) is 6.92 Å². The van der Waals surface area contributed by atoms with E-state index in [9.17, 15) is 13.2 Å². The van der Waals surface area contributed by atoms with Crippen molar-refractivity contribution in [2.24, 2.45) is 0 Å². The van der Waals surface area contributed by atoms with E-state index in [4.69, 9.17) is 16.0 Å². The number of furan rings is 1. The lowest BCUT2D eigenvalue weighted by molar-refractivity contribution is 0.0995. The van der Waals surface area contributed by atoms with Crippen molar-refractivity contribution in [2.75, 3.05) is 18.4 Å². The maximum Gasteiger partial charge on any atom is 0.291 e. The molecule has 1 aromatic carbocycles. The Kier molecular flexibility index (Phi) is 4.90. The number of carbonyl (C=O) groups is 1. The molecule has 1 amide bonds. The maximum absolute atomic E-state index is 12.6. The van der Waals surface area contributed by atoms with Gasteiger partial charge in [-0.3, -0.25) is 4.79 Å². The van der Waals surface area contributed by atoms with Gasteiger partial charge in [0.2, 0.25) is 10.0 Å². The standard InChI is InChI=1S/C17H19ClN2O4S/c1-11-5-6-13(9-14(11)18)19-17(21)15-10-16(12(2)24-15)25(22,23)20-7-3-4-8-20/h5-6,9-10H,3-4,7-8H2,1-2H3,(H,19,21). The molecule has 1 fully saturated rings. The molecule has 2 heterocycles. The van der Waals surface area contributed by atoms with Crippen molar-refractivity contribution in [3.8, 4) is 0 Å². The number of anilines is 1. The first-order chi connectivity index (χ1) is 11.8. The van der Waals surface area contributed by atoms with Gasteiger partial charge in [0.25, 0.3) is 5.91 Å². The van der Waals surface area contributed by atoms with Crippen LogP contribution in [-0.2, 0) is 10.0 Å². The fraction of sp³-hybridized carbons (Fsp3) is 0.353. The van der Waals surface area contributed by atoms with Crippen LogP contribution in [0.15, 0.2) is 33.6 Å². The van der Waals surface area contributed by atoms with Crippen LogP contribution < -0.4 is 5.32 Å². The Bertz CT molecular complexity index is 915. The number of aryl methyl sites for hydroxylation is 2. The second kappa shape index (κ2) is 6.82. The van der Waals surface area contributed by atoms with E-state index in [0.717, 1.165) is 18.4 Å². The Morgan fingerprint density at radius 1 is 1.20 bits per heavy atom. The first-order valence-corrected chi connectivity index (χ1v) is 9.79. The summed E-state index contributed by atoms with van der Waals surface area (Å²) >= 11 is 6.05. The Labute approximate surface area is 151 Å². The largest absolute Gasteiger partial charge is 0.455 e. The van der Waals surface area contributed by atoms with Gasteiger partial charge in [0.1, 0.15) is 10.7 Å². The number of halogens is 1. The zero-order valence-electron chi connectivity index (χ0n) is 14.0. The fourth-order valence-electron chi connectivity index (χ4n) is 2.76. The highest BCUT2D eigenvalue weighted by Gasteiger charge is 2.31. The minimum atomic E-state index is -3.63. The molecule has 0 radical (unpaired) electrons. The van der Waals surface area contributed by atoms with Gasteiger partial charge in [-0.2, -0.15) is 4.31 Å². The Morgan fingerprint density at radius 2 is 1.88 bits per heavy atom. The monoisotopic (exact) mass is 382 g/mol. The molecule has 134 valence electrons. The van der Waals surface area contributed by atoms with E-state index in [-0.39, 0.29) is 16.4 Å². The predicted octanol–water partition coefficient (Wildman–Crippen LogP) is 3.59. The predicted molar refractivity (Wildman–Crippen MR) is 95.6 cm³/mol. The van der Waals surface area contributed by atoms with Crippen LogP contribution in [0.2, 0.25) is 5.02 Å². The summed E-state index contributed by atoms with van der Waals surface area (Å²) in [6, 6.07) is 6.42. The summed E-state index contributed by atoms with van der Waals surface area (Å²) in [5, 5.41) is 3.20. The van der Waals surface area contributed by atoms with Gasteiger partial charge < -0.3 is 9.73 Å². The normalized spacial score (nSPS) is 15.5. The topological polar surface area (TPSA) is 79.6 Å². The van der Waals surface area contributed by atoms with Crippen molar-refractivity contribution in [3.63, 3.8) is 0 Å². The van der Waals surface area contributed by atoms with E-state index in [2.05, 4.69) is 5.32 Å². The van der Waals surface area contributed by atoms with Gasteiger partial charge in [-0.1, -0.05) is 17.7 Å². The zero-order chi connectivity index (χ0) is 18.2. The highest BCUT2D eigenvalue weighted by atomic mass is 35.5. The molecule has 6 nitrogen and oxygen atoms in total. The molecule has 0 spiro atoms. The Hall–Kier alpha value is -1.83. The van der Waals surface area contributed by atoms with Gasteiger partial charge in [0.15, 0.2) is 5.76 Å². The quantitative estimate of drug-likeness (QED) is 0.876. The lowest BCUT2D eigenvalue weighted by Crippen LogP contribution is -2.28. The summed E-state index contributed by atoms with van der Waals surface area (Å²) in [5.74, 6) is -0.364. The molecular formula is C17H19ClN2O4S. The number of hydrogen-bond donors (Lipinski definition) is 1. The van der Waals surface area contributed by atoms with Crippen LogP contribution in [0.25, 0.3) is 0 Å². The van der Waals surface area contributed by atoms with E-state index in [1.165, 1.54) is 10.4 Å². The number of rotatable bonds is 4. The van der Waals surface area contributed by atoms with Crippen LogP contribution in [0.3, 0.4) is 0 Å². The molecular weight excluding hydrogens is 364 g/mol. The average Bonchev–Trinajstić information content (AvgIpc) is 3.21. The molecule has 1 N–H and O–H groups in total. The third-order valence-electron chi connectivity index (χ3n) is 4.21. The Morgan fingerprint density at radius 3 is 2.52 bits per heavy atom. The second-order valence-corrected chi connectivity index (χ2v) is 8.37. The van der Waals surface area contributed by atoms with Crippen molar-refractivity contribution in [1.82, 2.24) is 4.31 Å². The van der Waals surface area contributed by atoms with Gasteiger partial charge in [-0.15, -0.1) is 0 Å². The molecule has 25 heavy (non-hydrogen) atoms. The van der Waals surface area contributed by atoms with Crippen molar-refractivity contribution < 1.29 is 17.6 Å². The lowest BCUT2D eigenvalue weighted by Gasteiger charge is -2.14. The van der Waals surface area contributed by atoms with E-state index in [0.29, 0.717) is 23.8 Å². The number of nitrogens with one attached hydrogen (secondary N) is 1. The molecule has 0 unspecified atom stereocenters. The summed E-state index contributed by atoms with van der Waals surface area (Å²) in [4.78, 5) is 12.4. The Balaban J connectivity index is 1.84. The summed E-state index contributed by atoms with van der Waals surface area (Å²) in [5.41, 5.74) is 1.41. The van der Waals surface area contributed by atoms with Crippen LogP contribution in [0.5, 0.6) is 0 Å². The smallest absolute Gasteiger partial charge is 0.291 e. The number of benzene rings is 1. The van der Waals surface area contributed by atoms with Crippen LogP contribution in [0.1, 0.15) is 34.7 Å². The van der Waals surface area contributed by atoms with E-state index in [1.54, 1.807) is 25.1 Å². The van der Waals surface area contributed by atoms with Crippen LogP contribution in [0.4, 0.5) is 5.69 Å². The van der Waals surface area contributed by atoms with Crippen molar-refractivity contribution in [1.29, 1.82) is 0 Å². The van der Waals surface area contributed by atoms with Crippen molar-refractivity contribution in [3.05, 3.63) is 46.4 Å². The number of hydrogen-bond acceptors (Lipinski definition) is 4. The number of sulfonamides is 1. The molecule has 1 aliphatic heterocycles. The summed E-state index contributed by atoms with van der Waals surface area (Å²) in [6.45, 7) is 4.40. The summed E-state index contributed by atoms with van der Waals surface area (Å²) in [7, 11) is -3.63. The van der Waals surface area contributed by atoms with E-state index >= 15 is 0 Å². The van der Waals surface area contributed by atoms with Gasteiger partial charge in [-0.25, -0.2) is 8.42 Å². The summed E-state index contributed by atoms with van der Waals surface area (Å²) < 4.78 is 32.1. The van der Waals surface area contributed by atoms with E-state index < -0.39 is 15.9 Å². The highest BCUT2D eigenvalue weighted by molar-refractivity contribution is 7.89. The first-order valence-electron chi connectivity index (χ1n) is 7.97. The average molecular weight is 383 g/mol. The molecule has 1 aromatic heterocycles. The van der Waals surface area contributed by atoms with Crippen LogP contribution in [-0.4, -0.2) is 31.7 Å². The van der Waals surface area contributed by atoms with Gasteiger partial charge in [0.05, 0.1) is 0 Å². The molecule has 0 aliphatic carbocycles. The number of nitrogens with zero attached hydrogens (tertiary/aromatic N) is 1. The molecule has 0 saturated carbocycles. The van der Waals surface area contributed by atoms with Crippen molar-refractivity contribution >= 4 is 33.2 Å². The number of carbonyl (C=O) groups excluding carboxylic acids is 1. The molecule has 2 aromatic rings. The van der Waals surface area contributed by atoms with Crippen LogP contribution in [0, 0.1) is 13.8 Å². The molecule has 1 aliphatic rings. The molecule has 3 rings (SSSR count). The fourth-order valence-corrected chi connectivity index (χ4v) is 4.62. The maximum atomic E-state index is 12.6.